The number of hydrogen-bond donors (Lipinski definition) is 0. The fraction of sp³-hybridized carbons (Fsp3) is 0.0455. The largest absolute Gasteiger partial charge is 0.313 e. The van der Waals surface area contributed by atoms with E-state index in [2.05, 4.69) is 256 Å². The molecule has 5 aromatic heterocycles. The number of benzene rings is 9. The second-order valence-corrected chi connectivity index (χ2v) is 19.2. The standard InChI is InChI=1S/C66H45N5/c1-42-33-34-54-62(39-42)69(61-38-36-51-49-25-8-11-30-57(49)70(65(51)64(54)61)45-20-6-3-7-21-45)47-23-15-24-48(41-47)71-58-31-12-9-26-50(58)52-35-37-60-63(66(52)71)53-27-10-13-32-59(53)68(60)46-22-14-19-44(40-46)56-29-16-28-55(67-56)43-17-4-2-5-18-43/h2-38,40-42H,39H2,1H3. The lowest BCUT2D eigenvalue weighted by molar-refractivity contribution is 0.690. The van der Waals surface area contributed by atoms with E-state index < -0.39 is 0 Å². The van der Waals surface area contributed by atoms with Crippen molar-refractivity contribution in [3.63, 3.8) is 0 Å². The molecule has 0 saturated carbocycles. The van der Waals surface area contributed by atoms with Crippen molar-refractivity contribution in [3.05, 3.63) is 242 Å². The Hall–Kier alpha value is -9.19. The molecule has 0 radical (unpaired) electrons. The molecule has 14 aromatic rings. The summed E-state index contributed by atoms with van der Waals surface area (Å²) in [6.07, 6.45) is 5.74. The van der Waals surface area contributed by atoms with Crippen molar-refractivity contribution in [3.8, 4) is 45.3 Å². The zero-order valence-electron chi connectivity index (χ0n) is 39.0. The number of pyridine rings is 1. The molecule has 0 bridgehead atoms. The van der Waals surface area contributed by atoms with Crippen LogP contribution < -0.4 is 0 Å². The van der Waals surface area contributed by atoms with Gasteiger partial charge in [-0.25, -0.2) is 4.98 Å². The van der Waals surface area contributed by atoms with Crippen LogP contribution in [0.1, 0.15) is 18.2 Å². The molecule has 1 unspecified atom stereocenters. The second kappa shape index (κ2) is 15.4. The highest BCUT2D eigenvalue weighted by atomic mass is 15.0. The summed E-state index contributed by atoms with van der Waals surface area (Å²) in [5.41, 5.74) is 19.7. The summed E-state index contributed by atoms with van der Waals surface area (Å²) >= 11 is 0. The minimum Gasteiger partial charge on any atom is -0.313 e. The highest BCUT2D eigenvalue weighted by Crippen LogP contribution is 2.45. The smallest absolute Gasteiger partial charge is 0.0710 e. The summed E-state index contributed by atoms with van der Waals surface area (Å²) in [5, 5.41) is 8.74. The minimum absolute atomic E-state index is 0.406. The van der Waals surface area contributed by atoms with Gasteiger partial charge in [0.1, 0.15) is 0 Å². The van der Waals surface area contributed by atoms with Gasteiger partial charge < -0.3 is 18.3 Å². The number of nitrogens with zero attached hydrogens (tertiary/aromatic N) is 5. The zero-order valence-corrected chi connectivity index (χ0v) is 39.0. The molecule has 71 heavy (non-hydrogen) atoms. The quantitative estimate of drug-likeness (QED) is 0.164. The lowest BCUT2D eigenvalue weighted by Crippen LogP contribution is -2.08. The van der Waals surface area contributed by atoms with Gasteiger partial charge in [0.2, 0.25) is 0 Å². The van der Waals surface area contributed by atoms with Crippen molar-refractivity contribution in [2.45, 2.75) is 13.3 Å². The normalized spacial score (nSPS) is 13.7. The molecule has 0 amide bonds. The molecule has 0 aliphatic heterocycles. The number of allylic oxidation sites excluding steroid dienone is 1. The molecule has 9 aromatic carbocycles. The molecule has 1 aliphatic carbocycles. The number of hydrogen-bond acceptors (Lipinski definition) is 1. The van der Waals surface area contributed by atoms with Crippen molar-refractivity contribution in [2.24, 2.45) is 5.92 Å². The molecule has 334 valence electrons. The summed E-state index contributed by atoms with van der Waals surface area (Å²) in [5.74, 6) is 0.406. The van der Waals surface area contributed by atoms with Gasteiger partial charge in [-0.15, -0.1) is 0 Å². The van der Waals surface area contributed by atoms with Crippen LogP contribution in [0.3, 0.4) is 0 Å². The monoisotopic (exact) mass is 907 g/mol. The third-order valence-corrected chi connectivity index (χ3v) is 15.1. The average molecular weight is 908 g/mol. The Morgan fingerprint density at radius 1 is 0.366 bits per heavy atom. The first-order chi connectivity index (χ1) is 35.2. The predicted octanol–water partition coefficient (Wildman–Crippen LogP) is 16.9. The van der Waals surface area contributed by atoms with Gasteiger partial charge in [-0.1, -0.05) is 159 Å². The maximum Gasteiger partial charge on any atom is 0.0710 e. The van der Waals surface area contributed by atoms with Crippen LogP contribution in [0.25, 0.3) is 128 Å². The molecule has 5 heterocycles. The van der Waals surface area contributed by atoms with Gasteiger partial charge in [0.15, 0.2) is 0 Å². The molecule has 1 atom stereocenters. The van der Waals surface area contributed by atoms with Crippen LogP contribution in [0.2, 0.25) is 0 Å². The maximum atomic E-state index is 5.16. The Morgan fingerprint density at radius 2 is 0.859 bits per heavy atom. The Bertz CT molecular complexity index is 4500. The summed E-state index contributed by atoms with van der Waals surface area (Å²) in [6.45, 7) is 2.34. The van der Waals surface area contributed by atoms with Crippen LogP contribution in [0.4, 0.5) is 0 Å². The predicted molar refractivity (Wildman–Crippen MR) is 297 cm³/mol. The first-order valence-electron chi connectivity index (χ1n) is 24.7. The van der Waals surface area contributed by atoms with Gasteiger partial charge >= 0.3 is 0 Å². The number of para-hydroxylation sites is 4. The average Bonchev–Trinajstić information content (AvgIpc) is 4.16. The van der Waals surface area contributed by atoms with Crippen LogP contribution in [0.15, 0.2) is 231 Å². The van der Waals surface area contributed by atoms with Crippen LogP contribution in [-0.4, -0.2) is 23.3 Å². The number of rotatable bonds is 6. The van der Waals surface area contributed by atoms with Gasteiger partial charge in [-0.3, -0.25) is 0 Å². The lowest BCUT2D eigenvalue weighted by atomic mass is 9.94. The molecule has 0 fully saturated rings. The van der Waals surface area contributed by atoms with Gasteiger partial charge in [-0.05, 0) is 97.3 Å². The molecule has 0 spiro atoms. The number of fused-ring (bicyclic) bond motifs is 14. The zero-order chi connectivity index (χ0) is 46.7. The van der Waals surface area contributed by atoms with Crippen LogP contribution in [-0.2, 0) is 6.42 Å². The van der Waals surface area contributed by atoms with Crippen molar-refractivity contribution in [1.29, 1.82) is 0 Å². The van der Waals surface area contributed by atoms with E-state index in [1.165, 1.54) is 82.2 Å². The molecule has 15 rings (SSSR count). The SMILES string of the molecule is CC1C=Cc2c(n(-c3cccc(-n4c5ccccc5c5ccc6c(c7ccccc7n6-c6cccc(-c7cccc(-c8ccccc8)n7)c6)c54)c3)c3ccc4c5ccccc5n(-c5ccccc5)c4c23)C1. The summed E-state index contributed by atoms with van der Waals surface area (Å²) in [7, 11) is 0. The van der Waals surface area contributed by atoms with Crippen molar-refractivity contribution in [1.82, 2.24) is 23.3 Å². The third kappa shape index (κ3) is 5.90. The molecular weight excluding hydrogens is 863 g/mol. The Labute approximate surface area is 410 Å². The number of aromatic nitrogens is 5. The van der Waals surface area contributed by atoms with E-state index in [0.717, 1.165) is 57.0 Å². The third-order valence-electron chi connectivity index (χ3n) is 15.1. The van der Waals surface area contributed by atoms with E-state index in [-0.39, 0.29) is 0 Å². The molecular formula is C66H45N5. The Morgan fingerprint density at radius 3 is 1.56 bits per heavy atom. The molecule has 0 N–H and O–H groups in total. The van der Waals surface area contributed by atoms with E-state index in [1.54, 1.807) is 0 Å². The molecule has 0 saturated heterocycles. The lowest BCUT2D eigenvalue weighted by Gasteiger charge is -2.18. The first-order valence-corrected chi connectivity index (χ1v) is 24.7. The van der Waals surface area contributed by atoms with Gasteiger partial charge in [0, 0.05) is 82.8 Å². The molecule has 1 aliphatic rings. The summed E-state index contributed by atoms with van der Waals surface area (Å²) in [6, 6.07) is 81.8. The van der Waals surface area contributed by atoms with Gasteiger partial charge in [-0.2, -0.15) is 0 Å². The highest BCUT2D eigenvalue weighted by Gasteiger charge is 2.27. The maximum absolute atomic E-state index is 5.16. The summed E-state index contributed by atoms with van der Waals surface area (Å²) < 4.78 is 10.0. The van der Waals surface area contributed by atoms with E-state index in [4.69, 9.17) is 4.98 Å². The molecule has 5 nitrogen and oxygen atoms in total. The Balaban J connectivity index is 0.963. The van der Waals surface area contributed by atoms with Gasteiger partial charge in [0.05, 0.1) is 50.0 Å². The Kier molecular flexibility index (Phi) is 8.63. The van der Waals surface area contributed by atoms with E-state index in [0.29, 0.717) is 5.92 Å². The fourth-order valence-electron chi connectivity index (χ4n) is 12.1. The van der Waals surface area contributed by atoms with Crippen molar-refractivity contribution < 1.29 is 0 Å². The van der Waals surface area contributed by atoms with Crippen molar-refractivity contribution in [2.75, 3.05) is 0 Å². The second-order valence-electron chi connectivity index (χ2n) is 19.2. The fourth-order valence-corrected chi connectivity index (χ4v) is 12.1. The van der Waals surface area contributed by atoms with Crippen molar-refractivity contribution >= 4 is 82.4 Å². The minimum atomic E-state index is 0.406. The van der Waals surface area contributed by atoms with Crippen LogP contribution in [0, 0.1) is 5.92 Å². The topological polar surface area (TPSA) is 32.6 Å². The first kappa shape index (κ1) is 39.8. The van der Waals surface area contributed by atoms with Crippen LogP contribution >= 0.6 is 0 Å². The molecule has 5 heteroatoms. The van der Waals surface area contributed by atoms with Crippen LogP contribution in [0.5, 0.6) is 0 Å². The van der Waals surface area contributed by atoms with E-state index in [1.807, 2.05) is 6.07 Å². The van der Waals surface area contributed by atoms with E-state index >= 15 is 0 Å². The summed E-state index contributed by atoms with van der Waals surface area (Å²) in [4.78, 5) is 5.16. The van der Waals surface area contributed by atoms with Gasteiger partial charge in [0.25, 0.3) is 0 Å². The van der Waals surface area contributed by atoms with E-state index in [9.17, 15) is 0 Å². The highest BCUT2D eigenvalue weighted by molar-refractivity contribution is 6.26.